The number of rotatable bonds is 5. The van der Waals surface area contributed by atoms with Gasteiger partial charge in [0.2, 0.25) is 0 Å². The van der Waals surface area contributed by atoms with Crippen LogP contribution in [-0.2, 0) is 4.79 Å². The standard InChI is InChI=1S/C6H12O7.Na.H/c7-1-2(8)3(9)4(10)5(11)6(12)13;;/h2-5,7-11H,1H2,(H,12,13);;/q;+1;-1/t2-,3-,4+,5-;;/m1../s1. The topological polar surface area (TPSA) is 138 Å². The summed E-state index contributed by atoms with van der Waals surface area (Å²) >= 11 is 0. The van der Waals surface area contributed by atoms with E-state index in [0.717, 1.165) is 0 Å². The van der Waals surface area contributed by atoms with Crippen molar-refractivity contribution in [1.82, 2.24) is 0 Å². The van der Waals surface area contributed by atoms with Crippen LogP contribution in [0.4, 0.5) is 0 Å². The summed E-state index contributed by atoms with van der Waals surface area (Å²) in [6.45, 7) is -0.843. The molecule has 80 valence electrons. The minimum absolute atomic E-state index is 0. The summed E-state index contributed by atoms with van der Waals surface area (Å²) in [5, 5.41) is 51.8. The van der Waals surface area contributed by atoms with E-state index in [4.69, 9.17) is 30.6 Å². The Morgan fingerprint density at radius 1 is 1.14 bits per heavy atom. The van der Waals surface area contributed by atoms with E-state index in [1.165, 1.54) is 0 Å². The van der Waals surface area contributed by atoms with E-state index >= 15 is 0 Å². The average Bonchev–Trinajstić information content (AvgIpc) is 2.12. The summed E-state index contributed by atoms with van der Waals surface area (Å²) in [5.74, 6) is -1.73. The predicted molar refractivity (Wildman–Crippen MR) is 39.9 cm³/mol. The molecule has 0 bridgehead atoms. The molecule has 14 heavy (non-hydrogen) atoms. The summed E-state index contributed by atoms with van der Waals surface area (Å²) in [6, 6.07) is 0. The molecule has 4 atom stereocenters. The first-order valence-electron chi connectivity index (χ1n) is 3.47. The van der Waals surface area contributed by atoms with Crippen molar-refractivity contribution in [2.75, 3.05) is 6.61 Å². The first-order chi connectivity index (χ1) is 5.91. The first kappa shape index (κ1) is 16.7. The Bertz CT molecular complexity index is 181. The third-order valence-electron chi connectivity index (χ3n) is 1.51. The number of carboxylic acids is 1. The van der Waals surface area contributed by atoms with Gasteiger partial charge in [-0.15, -0.1) is 0 Å². The van der Waals surface area contributed by atoms with Gasteiger partial charge in [0.15, 0.2) is 6.10 Å². The van der Waals surface area contributed by atoms with Crippen molar-refractivity contribution >= 4 is 5.97 Å². The molecule has 0 saturated carbocycles. The minimum atomic E-state index is -2.20. The molecule has 0 aliphatic heterocycles. The van der Waals surface area contributed by atoms with Crippen molar-refractivity contribution in [1.29, 1.82) is 0 Å². The second-order valence-electron chi connectivity index (χ2n) is 2.51. The predicted octanol–water partition coefficient (Wildman–Crippen LogP) is -6.38. The number of hydrogen-bond donors (Lipinski definition) is 6. The molecular weight excluding hydrogens is 207 g/mol. The van der Waals surface area contributed by atoms with E-state index in [2.05, 4.69) is 0 Å². The van der Waals surface area contributed by atoms with Gasteiger partial charge in [-0.2, -0.15) is 0 Å². The minimum Gasteiger partial charge on any atom is -1.00 e. The van der Waals surface area contributed by atoms with Gasteiger partial charge < -0.3 is 32.1 Å². The molecule has 0 unspecified atom stereocenters. The Morgan fingerprint density at radius 2 is 1.57 bits per heavy atom. The molecule has 0 spiro atoms. The molecule has 0 aromatic carbocycles. The van der Waals surface area contributed by atoms with Gasteiger partial charge in [0.1, 0.15) is 18.3 Å². The molecule has 0 radical (unpaired) electrons. The van der Waals surface area contributed by atoms with Crippen molar-refractivity contribution < 1.29 is 66.4 Å². The molecule has 0 heterocycles. The van der Waals surface area contributed by atoms with Crippen molar-refractivity contribution in [2.24, 2.45) is 0 Å². The quantitative estimate of drug-likeness (QED) is 0.253. The van der Waals surface area contributed by atoms with Gasteiger partial charge in [-0.25, -0.2) is 4.79 Å². The first-order valence-corrected chi connectivity index (χ1v) is 3.47. The van der Waals surface area contributed by atoms with Gasteiger partial charge in [-0.05, 0) is 0 Å². The molecule has 8 heteroatoms. The van der Waals surface area contributed by atoms with Gasteiger partial charge in [-0.3, -0.25) is 0 Å². The fourth-order valence-corrected chi connectivity index (χ4v) is 0.668. The molecule has 0 fully saturated rings. The molecule has 0 amide bonds. The van der Waals surface area contributed by atoms with Crippen LogP contribution in [0.1, 0.15) is 1.43 Å². The molecule has 0 aliphatic carbocycles. The van der Waals surface area contributed by atoms with E-state index < -0.39 is 37.0 Å². The number of aliphatic carboxylic acids is 1. The second kappa shape index (κ2) is 7.55. The summed E-state index contributed by atoms with van der Waals surface area (Å²) in [7, 11) is 0. The van der Waals surface area contributed by atoms with Crippen LogP contribution in [0.25, 0.3) is 0 Å². The molecule has 0 saturated heterocycles. The molecule has 0 aliphatic rings. The van der Waals surface area contributed by atoms with Crippen LogP contribution >= 0.6 is 0 Å². The second-order valence-corrected chi connectivity index (χ2v) is 2.51. The number of carboxylic acid groups (broad SMARTS) is 1. The summed E-state index contributed by atoms with van der Waals surface area (Å²) in [5.41, 5.74) is 0. The average molecular weight is 220 g/mol. The van der Waals surface area contributed by atoms with Crippen molar-refractivity contribution in [2.45, 2.75) is 24.4 Å². The van der Waals surface area contributed by atoms with Crippen LogP contribution < -0.4 is 29.6 Å². The zero-order valence-electron chi connectivity index (χ0n) is 8.61. The van der Waals surface area contributed by atoms with Crippen LogP contribution in [0.2, 0.25) is 0 Å². The van der Waals surface area contributed by atoms with Crippen molar-refractivity contribution in [3.8, 4) is 0 Å². The molecule has 7 nitrogen and oxygen atoms in total. The van der Waals surface area contributed by atoms with Gasteiger partial charge in [-0.1, -0.05) is 0 Å². The summed E-state index contributed by atoms with van der Waals surface area (Å²) in [6.07, 6.45) is -7.84. The molecule has 0 rings (SSSR count). The Labute approximate surface area is 103 Å². The fourth-order valence-electron chi connectivity index (χ4n) is 0.668. The molecule has 0 aromatic rings. The zero-order valence-corrected chi connectivity index (χ0v) is 9.61. The zero-order chi connectivity index (χ0) is 10.6. The normalized spacial score (nSPS) is 18.9. The Morgan fingerprint density at radius 3 is 1.86 bits per heavy atom. The van der Waals surface area contributed by atoms with E-state index in [0.29, 0.717) is 0 Å². The van der Waals surface area contributed by atoms with E-state index in [1.54, 1.807) is 0 Å². The summed E-state index contributed by atoms with van der Waals surface area (Å²) in [4.78, 5) is 10.1. The van der Waals surface area contributed by atoms with Crippen molar-refractivity contribution in [3.05, 3.63) is 0 Å². The van der Waals surface area contributed by atoms with Crippen LogP contribution in [-0.4, -0.2) is 67.6 Å². The SMILES string of the molecule is O=C(O)[C@H](O)[C@@H](O)[C@H](O)[C@H](O)CO.[H-].[Na+]. The van der Waals surface area contributed by atoms with E-state index in [9.17, 15) is 4.79 Å². The van der Waals surface area contributed by atoms with Crippen LogP contribution in [0, 0.1) is 0 Å². The third-order valence-corrected chi connectivity index (χ3v) is 1.51. The van der Waals surface area contributed by atoms with Gasteiger partial charge >= 0.3 is 35.5 Å². The fraction of sp³-hybridized carbons (Fsp3) is 0.833. The van der Waals surface area contributed by atoms with Gasteiger partial charge in [0.05, 0.1) is 6.61 Å². The van der Waals surface area contributed by atoms with Crippen LogP contribution in [0.15, 0.2) is 0 Å². The Hall–Kier alpha value is 0.270. The smallest absolute Gasteiger partial charge is 1.00 e. The Balaban J connectivity index is -0.000000720. The van der Waals surface area contributed by atoms with E-state index in [-0.39, 0.29) is 31.0 Å². The maximum Gasteiger partial charge on any atom is 1.00 e. The number of aliphatic hydroxyl groups excluding tert-OH is 5. The Kier molecular flexibility index (Phi) is 9.00. The van der Waals surface area contributed by atoms with E-state index in [1.807, 2.05) is 0 Å². The maximum absolute atomic E-state index is 10.1. The summed E-state index contributed by atoms with van der Waals surface area (Å²) < 4.78 is 0. The number of hydrogen-bond acceptors (Lipinski definition) is 6. The van der Waals surface area contributed by atoms with Gasteiger partial charge in [0, 0.05) is 0 Å². The number of aliphatic hydroxyl groups is 5. The monoisotopic (exact) mass is 220 g/mol. The maximum atomic E-state index is 10.1. The molecule has 6 N–H and O–H groups in total. The van der Waals surface area contributed by atoms with Gasteiger partial charge in [0.25, 0.3) is 0 Å². The third kappa shape index (κ3) is 4.67. The van der Waals surface area contributed by atoms with Crippen LogP contribution in [0.3, 0.4) is 0 Å². The largest absolute Gasteiger partial charge is 1.00 e. The molecular formula is C6H13NaO7. The molecule has 0 aromatic heterocycles. The number of carbonyl (C=O) groups is 1. The van der Waals surface area contributed by atoms with Crippen molar-refractivity contribution in [3.63, 3.8) is 0 Å². The van der Waals surface area contributed by atoms with Crippen LogP contribution in [0.5, 0.6) is 0 Å².